The Kier molecular flexibility index (Phi) is 6.17. The number of ether oxygens (including phenoxy) is 2. The average molecular weight is 217 g/mol. The van der Waals surface area contributed by atoms with Gasteiger partial charge in [-0.25, -0.2) is 0 Å². The molecule has 90 valence electrons. The zero-order chi connectivity index (χ0) is 11.1. The number of aliphatic hydroxyl groups is 1. The monoisotopic (exact) mass is 217 g/mol. The lowest BCUT2D eigenvalue weighted by Gasteiger charge is -2.31. The summed E-state index contributed by atoms with van der Waals surface area (Å²) in [6.07, 6.45) is 3.19. The van der Waals surface area contributed by atoms with Gasteiger partial charge in [-0.1, -0.05) is 0 Å². The van der Waals surface area contributed by atoms with Gasteiger partial charge in [-0.2, -0.15) is 0 Å². The van der Waals surface area contributed by atoms with Gasteiger partial charge in [-0.3, -0.25) is 0 Å². The minimum atomic E-state index is 0.208. The van der Waals surface area contributed by atoms with Crippen LogP contribution in [0, 0.1) is 0 Å². The highest BCUT2D eigenvalue weighted by Crippen LogP contribution is 2.14. The Hall–Kier alpha value is -0.160. The van der Waals surface area contributed by atoms with E-state index in [0.717, 1.165) is 25.9 Å². The molecule has 15 heavy (non-hydrogen) atoms. The Morgan fingerprint density at radius 2 is 2.40 bits per heavy atom. The summed E-state index contributed by atoms with van der Waals surface area (Å²) >= 11 is 0. The van der Waals surface area contributed by atoms with E-state index in [1.807, 2.05) is 0 Å². The fourth-order valence-electron chi connectivity index (χ4n) is 2.05. The normalized spacial score (nSPS) is 29.0. The molecular weight excluding hydrogens is 194 g/mol. The van der Waals surface area contributed by atoms with Gasteiger partial charge < -0.3 is 19.9 Å². The van der Waals surface area contributed by atoms with Crippen LogP contribution in [0.25, 0.3) is 0 Å². The summed E-state index contributed by atoms with van der Waals surface area (Å²) < 4.78 is 10.6. The summed E-state index contributed by atoms with van der Waals surface area (Å²) in [6, 6.07) is 0.760. The average Bonchev–Trinajstić information content (AvgIpc) is 2.18. The number of hydrogen-bond acceptors (Lipinski definition) is 4. The Labute approximate surface area is 92.0 Å². The lowest BCUT2D eigenvalue weighted by atomic mass is 10.0. The smallest absolute Gasteiger partial charge is 0.0616 e. The molecule has 1 rings (SSSR count). The van der Waals surface area contributed by atoms with Crippen molar-refractivity contribution in [1.29, 1.82) is 0 Å². The second kappa shape index (κ2) is 7.17. The van der Waals surface area contributed by atoms with Crippen LogP contribution in [0.2, 0.25) is 0 Å². The SMILES string of the molecule is COCC(CCO)NC1CCOC(C)C1. The van der Waals surface area contributed by atoms with Gasteiger partial charge in [-0.15, -0.1) is 0 Å². The van der Waals surface area contributed by atoms with E-state index in [0.29, 0.717) is 18.8 Å². The van der Waals surface area contributed by atoms with E-state index in [9.17, 15) is 0 Å². The largest absolute Gasteiger partial charge is 0.396 e. The molecule has 0 bridgehead atoms. The van der Waals surface area contributed by atoms with Crippen molar-refractivity contribution in [2.45, 2.75) is 44.4 Å². The Balaban J connectivity index is 2.28. The van der Waals surface area contributed by atoms with Gasteiger partial charge in [0, 0.05) is 32.4 Å². The third-order valence-electron chi connectivity index (χ3n) is 2.80. The standard InChI is InChI=1S/C11H23NO3/c1-9-7-10(4-6-15-9)12-11(3-5-13)8-14-2/h9-13H,3-8H2,1-2H3. The number of aliphatic hydroxyl groups excluding tert-OH is 1. The molecular formula is C11H23NO3. The van der Waals surface area contributed by atoms with Gasteiger partial charge in [0.05, 0.1) is 12.7 Å². The van der Waals surface area contributed by atoms with Crippen molar-refractivity contribution >= 4 is 0 Å². The topological polar surface area (TPSA) is 50.7 Å². The first-order valence-corrected chi connectivity index (χ1v) is 5.73. The molecule has 0 saturated carbocycles. The van der Waals surface area contributed by atoms with Crippen LogP contribution >= 0.6 is 0 Å². The molecule has 3 atom stereocenters. The molecule has 1 saturated heterocycles. The maximum absolute atomic E-state index is 8.92. The second-order valence-electron chi connectivity index (χ2n) is 4.23. The van der Waals surface area contributed by atoms with Crippen LogP contribution in [0.1, 0.15) is 26.2 Å². The van der Waals surface area contributed by atoms with Gasteiger partial charge in [0.25, 0.3) is 0 Å². The highest BCUT2D eigenvalue weighted by molar-refractivity contribution is 4.78. The maximum Gasteiger partial charge on any atom is 0.0616 e. The summed E-state index contributed by atoms with van der Waals surface area (Å²) in [5.41, 5.74) is 0. The molecule has 0 aromatic heterocycles. The van der Waals surface area contributed by atoms with Crippen LogP contribution < -0.4 is 5.32 Å². The predicted octanol–water partition coefficient (Wildman–Crippen LogP) is 0.541. The van der Waals surface area contributed by atoms with Crippen LogP contribution in [0.3, 0.4) is 0 Å². The van der Waals surface area contributed by atoms with E-state index in [1.165, 1.54) is 0 Å². The number of methoxy groups -OCH3 is 1. The molecule has 0 radical (unpaired) electrons. The zero-order valence-corrected chi connectivity index (χ0v) is 9.74. The maximum atomic E-state index is 8.92. The summed E-state index contributed by atoms with van der Waals surface area (Å²) in [7, 11) is 1.69. The molecule has 1 aliphatic rings. The van der Waals surface area contributed by atoms with Gasteiger partial charge >= 0.3 is 0 Å². The van der Waals surface area contributed by atoms with Crippen LogP contribution in [0.15, 0.2) is 0 Å². The van der Waals surface area contributed by atoms with Crippen LogP contribution in [-0.4, -0.2) is 50.2 Å². The van der Waals surface area contributed by atoms with E-state index in [-0.39, 0.29) is 12.6 Å². The molecule has 2 N–H and O–H groups in total. The van der Waals surface area contributed by atoms with Crippen molar-refractivity contribution in [3.8, 4) is 0 Å². The Bertz CT molecular complexity index is 157. The molecule has 0 aromatic carbocycles. The quantitative estimate of drug-likeness (QED) is 0.682. The summed E-state index contributed by atoms with van der Waals surface area (Å²) in [4.78, 5) is 0. The molecule has 4 heteroatoms. The minimum Gasteiger partial charge on any atom is -0.396 e. The molecule has 1 fully saturated rings. The fourth-order valence-corrected chi connectivity index (χ4v) is 2.05. The van der Waals surface area contributed by atoms with E-state index in [1.54, 1.807) is 7.11 Å². The molecule has 0 spiro atoms. The van der Waals surface area contributed by atoms with Gasteiger partial charge in [0.2, 0.25) is 0 Å². The van der Waals surface area contributed by atoms with Gasteiger partial charge in [0.1, 0.15) is 0 Å². The van der Waals surface area contributed by atoms with E-state index in [4.69, 9.17) is 14.6 Å². The Morgan fingerprint density at radius 3 is 3.00 bits per heavy atom. The van der Waals surface area contributed by atoms with Crippen molar-refractivity contribution < 1.29 is 14.6 Å². The Morgan fingerprint density at radius 1 is 1.60 bits per heavy atom. The van der Waals surface area contributed by atoms with E-state index < -0.39 is 0 Å². The molecule has 1 aliphatic heterocycles. The second-order valence-corrected chi connectivity index (χ2v) is 4.23. The summed E-state index contributed by atoms with van der Waals surface area (Å²) in [6.45, 7) is 3.80. The highest BCUT2D eigenvalue weighted by Gasteiger charge is 2.21. The molecule has 0 aromatic rings. The fraction of sp³-hybridized carbons (Fsp3) is 1.00. The lowest BCUT2D eigenvalue weighted by molar-refractivity contribution is 0.00797. The third-order valence-corrected chi connectivity index (χ3v) is 2.80. The van der Waals surface area contributed by atoms with Gasteiger partial charge in [-0.05, 0) is 26.2 Å². The lowest BCUT2D eigenvalue weighted by Crippen LogP contribution is -2.45. The van der Waals surface area contributed by atoms with Crippen molar-refractivity contribution in [3.05, 3.63) is 0 Å². The number of hydrogen-bond donors (Lipinski definition) is 2. The predicted molar refractivity (Wildman–Crippen MR) is 58.9 cm³/mol. The van der Waals surface area contributed by atoms with E-state index >= 15 is 0 Å². The summed E-state index contributed by atoms with van der Waals surface area (Å²) in [5, 5.41) is 12.4. The first kappa shape index (κ1) is 12.9. The minimum absolute atomic E-state index is 0.208. The van der Waals surface area contributed by atoms with Gasteiger partial charge in [0.15, 0.2) is 0 Å². The van der Waals surface area contributed by atoms with Crippen molar-refractivity contribution in [2.24, 2.45) is 0 Å². The summed E-state index contributed by atoms with van der Waals surface area (Å²) in [5.74, 6) is 0. The van der Waals surface area contributed by atoms with Crippen molar-refractivity contribution in [3.63, 3.8) is 0 Å². The van der Waals surface area contributed by atoms with Crippen molar-refractivity contribution in [2.75, 3.05) is 26.9 Å². The third kappa shape index (κ3) is 4.93. The first-order chi connectivity index (χ1) is 7.26. The zero-order valence-electron chi connectivity index (χ0n) is 9.74. The first-order valence-electron chi connectivity index (χ1n) is 5.73. The van der Waals surface area contributed by atoms with Crippen LogP contribution in [0.4, 0.5) is 0 Å². The molecule has 1 heterocycles. The molecule has 0 aliphatic carbocycles. The van der Waals surface area contributed by atoms with E-state index in [2.05, 4.69) is 12.2 Å². The number of rotatable bonds is 6. The van der Waals surface area contributed by atoms with Crippen LogP contribution in [-0.2, 0) is 9.47 Å². The van der Waals surface area contributed by atoms with Crippen LogP contribution in [0.5, 0.6) is 0 Å². The molecule has 0 amide bonds. The molecule has 3 unspecified atom stereocenters. The highest BCUT2D eigenvalue weighted by atomic mass is 16.5. The number of nitrogens with one attached hydrogen (secondary N) is 1. The molecule has 4 nitrogen and oxygen atoms in total. The van der Waals surface area contributed by atoms with Crippen molar-refractivity contribution in [1.82, 2.24) is 5.32 Å².